The van der Waals surface area contributed by atoms with Crippen LogP contribution in [0.3, 0.4) is 0 Å². The average Bonchev–Trinajstić information content (AvgIpc) is 2.56. The summed E-state index contributed by atoms with van der Waals surface area (Å²) in [7, 11) is 3.50. The van der Waals surface area contributed by atoms with E-state index in [9.17, 15) is 19.5 Å². The number of esters is 3. The van der Waals surface area contributed by atoms with E-state index in [4.69, 9.17) is 9.47 Å². The predicted molar refractivity (Wildman–Crippen MR) is 74.5 cm³/mol. The third-order valence-electron chi connectivity index (χ3n) is 2.59. The lowest BCUT2D eigenvalue weighted by atomic mass is 10.2. The van der Waals surface area contributed by atoms with Gasteiger partial charge in [0.05, 0.1) is 26.9 Å². The highest BCUT2D eigenvalue weighted by atomic mass is 16.6. The van der Waals surface area contributed by atoms with Crippen LogP contribution in [0.5, 0.6) is 17.2 Å². The molecule has 0 saturated carbocycles. The van der Waals surface area contributed by atoms with Crippen LogP contribution in [-0.4, -0.2) is 57.6 Å². The van der Waals surface area contributed by atoms with Crippen LogP contribution < -0.4 is 9.47 Å². The highest BCUT2D eigenvalue weighted by Gasteiger charge is 2.19. The molecule has 0 heterocycles. The van der Waals surface area contributed by atoms with Gasteiger partial charge in [0.2, 0.25) is 5.75 Å². The van der Waals surface area contributed by atoms with Gasteiger partial charge in [-0.2, -0.15) is 0 Å². The van der Waals surface area contributed by atoms with Crippen LogP contribution in [0.4, 0.5) is 0 Å². The standard InChI is InChI=1S/C14H16O9/c1-19-11(16)6-22-10-5-8(14(18)21-3)4-9(15)13(10)23-7-12(17)20-2/h4-5,15H,6-7H2,1-3H3. The molecule has 1 N–H and O–H groups in total. The first-order valence-corrected chi connectivity index (χ1v) is 6.27. The van der Waals surface area contributed by atoms with Crippen molar-refractivity contribution < 1.29 is 43.2 Å². The Kier molecular flexibility index (Phi) is 6.66. The summed E-state index contributed by atoms with van der Waals surface area (Å²) in [6.07, 6.45) is 0. The maximum atomic E-state index is 11.5. The lowest BCUT2D eigenvalue weighted by Crippen LogP contribution is -2.16. The zero-order valence-corrected chi connectivity index (χ0v) is 12.8. The van der Waals surface area contributed by atoms with E-state index in [-0.39, 0.29) is 17.1 Å². The number of aromatic hydroxyl groups is 1. The number of ether oxygens (including phenoxy) is 5. The predicted octanol–water partition coefficient (Wildman–Crippen LogP) is 0.282. The number of phenolic OH excluding ortho intramolecular Hbond substituents is 1. The second kappa shape index (κ2) is 8.47. The molecule has 0 radical (unpaired) electrons. The second-order valence-corrected chi connectivity index (χ2v) is 4.04. The summed E-state index contributed by atoms with van der Waals surface area (Å²) >= 11 is 0. The van der Waals surface area contributed by atoms with Gasteiger partial charge in [-0.05, 0) is 12.1 Å². The Morgan fingerprint density at radius 1 is 0.913 bits per heavy atom. The fourth-order valence-corrected chi connectivity index (χ4v) is 1.46. The van der Waals surface area contributed by atoms with Crippen molar-refractivity contribution in [1.82, 2.24) is 0 Å². The minimum absolute atomic E-state index is 0.0321. The summed E-state index contributed by atoms with van der Waals surface area (Å²) in [5.74, 6) is -2.96. The molecular formula is C14H16O9. The Morgan fingerprint density at radius 3 is 2.00 bits per heavy atom. The molecule has 0 aromatic heterocycles. The first kappa shape index (κ1) is 18.1. The number of phenols is 1. The Labute approximate surface area is 131 Å². The third kappa shape index (κ3) is 5.06. The van der Waals surface area contributed by atoms with Crippen molar-refractivity contribution in [3.05, 3.63) is 17.7 Å². The van der Waals surface area contributed by atoms with Gasteiger partial charge in [0.15, 0.2) is 24.7 Å². The van der Waals surface area contributed by atoms with E-state index in [0.29, 0.717) is 0 Å². The maximum Gasteiger partial charge on any atom is 0.343 e. The van der Waals surface area contributed by atoms with Crippen molar-refractivity contribution in [3.8, 4) is 17.2 Å². The lowest BCUT2D eigenvalue weighted by Gasteiger charge is -2.14. The molecule has 9 heteroatoms. The van der Waals surface area contributed by atoms with Crippen molar-refractivity contribution in [2.24, 2.45) is 0 Å². The molecule has 1 aromatic rings. The molecule has 0 spiro atoms. The highest BCUT2D eigenvalue weighted by molar-refractivity contribution is 5.91. The molecule has 0 unspecified atom stereocenters. The monoisotopic (exact) mass is 328 g/mol. The number of benzene rings is 1. The van der Waals surface area contributed by atoms with Gasteiger partial charge in [-0.1, -0.05) is 0 Å². The minimum atomic E-state index is -0.734. The van der Waals surface area contributed by atoms with Gasteiger partial charge in [-0.25, -0.2) is 14.4 Å². The van der Waals surface area contributed by atoms with Gasteiger partial charge in [0.25, 0.3) is 0 Å². The molecule has 0 aliphatic heterocycles. The number of rotatable bonds is 7. The fourth-order valence-electron chi connectivity index (χ4n) is 1.46. The summed E-state index contributed by atoms with van der Waals surface area (Å²) in [5, 5.41) is 9.94. The van der Waals surface area contributed by atoms with E-state index in [1.54, 1.807) is 0 Å². The third-order valence-corrected chi connectivity index (χ3v) is 2.59. The van der Waals surface area contributed by atoms with Gasteiger partial charge in [-0.3, -0.25) is 0 Å². The summed E-state index contributed by atoms with van der Waals surface area (Å²) in [5.41, 5.74) is -0.0321. The first-order valence-electron chi connectivity index (χ1n) is 6.27. The molecule has 0 aliphatic rings. The second-order valence-electron chi connectivity index (χ2n) is 4.04. The van der Waals surface area contributed by atoms with E-state index >= 15 is 0 Å². The fraction of sp³-hybridized carbons (Fsp3) is 0.357. The van der Waals surface area contributed by atoms with E-state index in [1.807, 2.05) is 0 Å². The van der Waals surface area contributed by atoms with E-state index in [1.165, 1.54) is 20.3 Å². The number of hydrogen-bond donors (Lipinski definition) is 1. The quantitative estimate of drug-likeness (QED) is 0.556. The molecule has 0 aliphatic carbocycles. The molecule has 126 valence electrons. The summed E-state index contributed by atoms with van der Waals surface area (Å²) in [6, 6.07) is 2.27. The van der Waals surface area contributed by atoms with Crippen LogP contribution >= 0.6 is 0 Å². The van der Waals surface area contributed by atoms with Crippen molar-refractivity contribution in [2.45, 2.75) is 0 Å². The zero-order chi connectivity index (χ0) is 17.4. The number of carbonyl (C=O) groups is 3. The molecule has 1 rings (SSSR count). The van der Waals surface area contributed by atoms with Crippen molar-refractivity contribution in [3.63, 3.8) is 0 Å². The number of hydrogen-bond acceptors (Lipinski definition) is 9. The SMILES string of the molecule is COC(=O)COc1cc(C(=O)OC)cc(O)c1OCC(=O)OC. The zero-order valence-electron chi connectivity index (χ0n) is 12.8. The number of carbonyl (C=O) groups excluding carboxylic acids is 3. The van der Waals surface area contributed by atoms with Crippen LogP contribution in [0.25, 0.3) is 0 Å². The molecule has 1 aromatic carbocycles. The summed E-state index contributed by atoms with van der Waals surface area (Å²) in [4.78, 5) is 33.8. The summed E-state index contributed by atoms with van der Waals surface area (Å²) < 4.78 is 23.6. The highest BCUT2D eigenvalue weighted by Crippen LogP contribution is 2.38. The van der Waals surface area contributed by atoms with Crippen molar-refractivity contribution >= 4 is 17.9 Å². The Morgan fingerprint density at radius 2 is 1.48 bits per heavy atom. The molecule has 0 fully saturated rings. The van der Waals surface area contributed by atoms with Crippen LogP contribution in [0.15, 0.2) is 12.1 Å². The molecule has 0 saturated heterocycles. The molecule has 0 atom stereocenters. The first-order chi connectivity index (χ1) is 10.9. The Balaban J connectivity index is 3.10. The smallest absolute Gasteiger partial charge is 0.343 e. The average molecular weight is 328 g/mol. The van der Waals surface area contributed by atoms with Gasteiger partial charge in [0, 0.05) is 0 Å². The van der Waals surface area contributed by atoms with Gasteiger partial charge < -0.3 is 28.8 Å². The van der Waals surface area contributed by atoms with Gasteiger partial charge >= 0.3 is 17.9 Å². The topological polar surface area (TPSA) is 118 Å². The van der Waals surface area contributed by atoms with Crippen LogP contribution in [0.2, 0.25) is 0 Å². The van der Waals surface area contributed by atoms with Gasteiger partial charge in [-0.15, -0.1) is 0 Å². The Bertz CT molecular complexity index is 594. The maximum absolute atomic E-state index is 11.5. The summed E-state index contributed by atoms with van der Waals surface area (Å²) in [6.45, 7) is -0.995. The minimum Gasteiger partial charge on any atom is -0.504 e. The van der Waals surface area contributed by atoms with E-state index in [2.05, 4.69) is 14.2 Å². The molecular weight excluding hydrogens is 312 g/mol. The van der Waals surface area contributed by atoms with Crippen molar-refractivity contribution in [1.29, 1.82) is 0 Å². The number of methoxy groups -OCH3 is 3. The largest absolute Gasteiger partial charge is 0.504 e. The van der Waals surface area contributed by atoms with Crippen LogP contribution in [-0.2, 0) is 23.8 Å². The molecule has 23 heavy (non-hydrogen) atoms. The van der Waals surface area contributed by atoms with Gasteiger partial charge in [0.1, 0.15) is 0 Å². The Hall–Kier alpha value is -2.97. The van der Waals surface area contributed by atoms with Crippen LogP contribution in [0.1, 0.15) is 10.4 Å². The molecule has 9 nitrogen and oxygen atoms in total. The van der Waals surface area contributed by atoms with Crippen molar-refractivity contribution in [2.75, 3.05) is 34.5 Å². The van der Waals surface area contributed by atoms with Crippen LogP contribution in [0, 0.1) is 0 Å². The molecule has 0 bridgehead atoms. The normalized spacial score (nSPS) is 9.70. The van der Waals surface area contributed by atoms with E-state index in [0.717, 1.165) is 13.2 Å². The molecule has 0 amide bonds. The lowest BCUT2D eigenvalue weighted by molar-refractivity contribution is -0.144. The van der Waals surface area contributed by atoms with E-state index < -0.39 is 36.9 Å².